The average Bonchev–Trinajstić information content (AvgIpc) is 3.57. The number of furan rings is 1. The first kappa shape index (κ1) is 24.4. The van der Waals surface area contributed by atoms with E-state index >= 15 is 0 Å². The molecule has 0 saturated carbocycles. The SMILES string of the molecule is CCC(c1nnnn1Cc1ccco1)N(CCN1CCOCC1)Cc1cc2ccc(C)cc2[nH]c1=O. The number of nitrogens with one attached hydrogen (secondary N) is 1. The Morgan fingerprint density at radius 2 is 2.06 bits per heavy atom. The number of pyridine rings is 1. The molecule has 10 nitrogen and oxygen atoms in total. The molecular weight excluding hydrogens is 458 g/mol. The molecule has 3 aromatic heterocycles. The highest BCUT2D eigenvalue weighted by molar-refractivity contribution is 5.79. The van der Waals surface area contributed by atoms with Crippen LogP contribution in [-0.4, -0.2) is 74.4 Å². The Morgan fingerprint density at radius 3 is 2.83 bits per heavy atom. The Hall–Kier alpha value is -3.34. The fourth-order valence-electron chi connectivity index (χ4n) is 4.85. The van der Waals surface area contributed by atoms with E-state index in [0.717, 1.165) is 79.4 Å². The first-order valence-corrected chi connectivity index (χ1v) is 12.6. The summed E-state index contributed by atoms with van der Waals surface area (Å²) in [4.78, 5) is 20.9. The van der Waals surface area contributed by atoms with Gasteiger partial charge in [-0.15, -0.1) is 5.10 Å². The number of hydrogen-bond acceptors (Lipinski definition) is 8. The predicted molar refractivity (Wildman–Crippen MR) is 136 cm³/mol. The molecule has 1 unspecified atom stereocenters. The van der Waals surface area contributed by atoms with Crippen LogP contribution < -0.4 is 5.56 Å². The number of fused-ring (bicyclic) bond motifs is 1. The minimum Gasteiger partial charge on any atom is -0.467 e. The Bertz CT molecular complexity index is 1330. The monoisotopic (exact) mass is 491 g/mol. The van der Waals surface area contributed by atoms with Crippen LogP contribution in [0.2, 0.25) is 0 Å². The van der Waals surface area contributed by atoms with Gasteiger partial charge in [-0.25, -0.2) is 4.68 Å². The molecule has 0 aliphatic carbocycles. The second-order valence-corrected chi connectivity index (χ2v) is 9.34. The molecule has 1 atom stereocenters. The smallest absolute Gasteiger partial charge is 0.252 e. The van der Waals surface area contributed by atoms with Gasteiger partial charge in [-0.2, -0.15) is 0 Å². The quantitative estimate of drug-likeness (QED) is 0.361. The lowest BCUT2D eigenvalue weighted by molar-refractivity contribution is 0.0291. The van der Waals surface area contributed by atoms with Gasteiger partial charge in [0, 0.05) is 43.8 Å². The highest BCUT2D eigenvalue weighted by Gasteiger charge is 2.27. The van der Waals surface area contributed by atoms with Crippen molar-refractivity contribution in [1.82, 2.24) is 35.0 Å². The van der Waals surface area contributed by atoms with E-state index in [9.17, 15) is 4.79 Å². The summed E-state index contributed by atoms with van der Waals surface area (Å²) < 4.78 is 12.8. The van der Waals surface area contributed by atoms with Crippen LogP contribution in [0.15, 0.2) is 51.9 Å². The molecule has 36 heavy (non-hydrogen) atoms. The van der Waals surface area contributed by atoms with Crippen LogP contribution in [0, 0.1) is 6.92 Å². The lowest BCUT2D eigenvalue weighted by atomic mass is 10.1. The zero-order valence-corrected chi connectivity index (χ0v) is 20.9. The summed E-state index contributed by atoms with van der Waals surface area (Å²) in [6.45, 7) is 10.1. The van der Waals surface area contributed by atoms with Gasteiger partial charge in [0.2, 0.25) is 0 Å². The maximum Gasteiger partial charge on any atom is 0.252 e. The maximum atomic E-state index is 13.1. The molecule has 190 valence electrons. The Labute approximate surface area is 209 Å². The summed E-state index contributed by atoms with van der Waals surface area (Å²) in [5.41, 5.74) is 2.65. The number of aryl methyl sites for hydroxylation is 1. The minimum atomic E-state index is -0.0656. The van der Waals surface area contributed by atoms with E-state index in [1.165, 1.54) is 0 Å². The van der Waals surface area contributed by atoms with Crippen LogP contribution in [0.4, 0.5) is 0 Å². The van der Waals surface area contributed by atoms with E-state index < -0.39 is 0 Å². The molecule has 1 N–H and O–H groups in total. The van der Waals surface area contributed by atoms with Gasteiger partial charge in [0.05, 0.1) is 25.5 Å². The molecule has 4 heterocycles. The molecule has 0 bridgehead atoms. The van der Waals surface area contributed by atoms with Gasteiger partial charge in [0.15, 0.2) is 5.82 Å². The summed E-state index contributed by atoms with van der Waals surface area (Å²) in [5, 5.41) is 13.7. The van der Waals surface area contributed by atoms with Crippen molar-refractivity contribution < 1.29 is 9.15 Å². The summed E-state index contributed by atoms with van der Waals surface area (Å²) in [6.07, 6.45) is 2.45. The highest BCUT2D eigenvalue weighted by Crippen LogP contribution is 2.25. The van der Waals surface area contributed by atoms with Crippen molar-refractivity contribution in [2.75, 3.05) is 39.4 Å². The van der Waals surface area contributed by atoms with Crippen molar-refractivity contribution >= 4 is 10.9 Å². The molecule has 1 fully saturated rings. The van der Waals surface area contributed by atoms with Gasteiger partial charge in [-0.05, 0) is 59.0 Å². The number of morpholine rings is 1. The number of benzene rings is 1. The molecular formula is C26H33N7O3. The number of rotatable bonds is 10. The van der Waals surface area contributed by atoms with Crippen LogP contribution in [0.3, 0.4) is 0 Å². The first-order chi connectivity index (χ1) is 17.6. The van der Waals surface area contributed by atoms with E-state index in [-0.39, 0.29) is 11.6 Å². The Kier molecular flexibility index (Phi) is 7.55. The molecule has 0 spiro atoms. The topological polar surface area (TPSA) is 105 Å². The number of nitrogens with zero attached hydrogens (tertiary/aromatic N) is 6. The van der Waals surface area contributed by atoms with E-state index in [1.807, 2.05) is 31.2 Å². The summed E-state index contributed by atoms with van der Waals surface area (Å²) >= 11 is 0. The molecule has 1 saturated heterocycles. The van der Waals surface area contributed by atoms with Crippen LogP contribution in [0.5, 0.6) is 0 Å². The van der Waals surface area contributed by atoms with Crippen molar-refractivity contribution in [1.29, 1.82) is 0 Å². The van der Waals surface area contributed by atoms with Crippen molar-refractivity contribution in [2.45, 2.75) is 39.4 Å². The van der Waals surface area contributed by atoms with Gasteiger partial charge in [0.25, 0.3) is 5.56 Å². The standard InChI is InChI=1S/C26H33N7O3/c1-3-24(25-28-29-30-33(25)18-22-5-4-12-36-22)32(9-8-31-10-13-35-14-11-31)17-21-16-20-7-6-19(2)15-23(20)27-26(21)34/h4-7,12,15-16,24H,3,8-11,13-14,17-18H2,1-2H3,(H,27,34). The van der Waals surface area contributed by atoms with Gasteiger partial charge in [-0.3, -0.25) is 14.6 Å². The van der Waals surface area contributed by atoms with Crippen LogP contribution >= 0.6 is 0 Å². The first-order valence-electron chi connectivity index (χ1n) is 12.6. The number of H-pyrrole nitrogens is 1. The van der Waals surface area contributed by atoms with Gasteiger partial charge < -0.3 is 14.1 Å². The zero-order chi connectivity index (χ0) is 24.9. The lowest BCUT2D eigenvalue weighted by Crippen LogP contribution is -2.43. The van der Waals surface area contributed by atoms with Crippen LogP contribution in [-0.2, 0) is 17.8 Å². The van der Waals surface area contributed by atoms with Crippen molar-refractivity contribution in [2.24, 2.45) is 0 Å². The second kappa shape index (κ2) is 11.2. The molecule has 10 heteroatoms. The fraction of sp³-hybridized carbons (Fsp3) is 0.462. The van der Waals surface area contributed by atoms with Crippen molar-refractivity contribution in [3.8, 4) is 0 Å². The van der Waals surface area contributed by atoms with Gasteiger partial charge in [0.1, 0.15) is 12.3 Å². The van der Waals surface area contributed by atoms with Gasteiger partial charge in [-0.1, -0.05) is 19.1 Å². The molecule has 5 rings (SSSR count). The van der Waals surface area contributed by atoms with Crippen molar-refractivity contribution in [3.05, 3.63) is 75.7 Å². The summed E-state index contributed by atoms with van der Waals surface area (Å²) in [5.74, 6) is 1.56. The fourth-order valence-corrected chi connectivity index (χ4v) is 4.85. The average molecular weight is 492 g/mol. The molecule has 0 amide bonds. The second-order valence-electron chi connectivity index (χ2n) is 9.34. The van der Waals surface area contributed by atoms with Crippen molar-refractivity contribution in [3.63, 3.8) is 0 Å². The number of aromatic amines is 1. The molecule has 1 aliphatic rings. The number of ether oxygens (including phenoxy) is 1. The summed E-state index contributed by atoms with van der Waals surface area (Å²) in [7, 11) is 0. The van der Waals surface area contributed by atoms with Crippen LogP contribution in [0.1, 0.15) is 42.1 Å². The third-order valence-corrected chi connectivity index (χ3v) is 6.83. The molecule has 1 aromatic carbocycles. The number of tetrazole rings is 1. The van der Waals surface area contributed by atoms with E-state index in [4.69, 9.17) is 9.15 Å². The van der Waals surface area contributed by atoms with E-state index in [0.29, 0.717) is 13.1 Å². The zero-order valence-electron chi connectivity index (χ0n) is 20.9. The Balaban J connectivity index is 1.44. The highest BCUT2D eigenvalue weighted by atomic mass is 16.5. The van der Waals surface area contributed by atoms with Gasteiger partial charge >= 0.3 is 0 Å². The van der Waals surface area contributed by atoms with E-state index in [1.54, 1.807) is 10.9 Å². The molecule has 0 radical (unpaired) electrons. The van der Waals surface area contributed by atoms with Crippen LogP contribution in [0.25, 0.3) is 10.9 Å². The molecule has 1 aliphatic heterocycles. The predicted octanol–water partition coefficient (Wildman–Crippen LogP) is 2.75. The third-order valence-electron chi connectivity index (χ3n) is 6.83. The third kappa shape index (κ3) is 5.56. The number of hydrogen-bond donors (Lipinski definition) is 1. The van der Waals surface area contributed by atoms with E-state index in [2.05, 4.69) is 49.4 Å². The lowest BCUT2D eigenvalue weighted by Gasteiger charge is -2.33. The molecule has 4 aromatic rings. The minimum absolute atomic E-state index is 0.0606. The Morgan fingerprint density at radius 1 is 1.19 bits per heavy atom. The maximum absolute atomic E-state index is 13.1. The summed E-state index contributed by atoms with van der Waals surface area (Å²) in [6, 6.07) is 11.9. The largest absolute Gasteiger partial charge is 0.467 e. The number of aromatic nitrogens is 5. The normalized spacial score (nSPS) is 15.6.